The predicted octanol–water partition coefficient (Wildman–Crippen LogP) is 4.45. The molecule has 1 fully saturated rings. The van der Waals surface area contributed by atoms with Crippen LogP contribution in [-0.2, 0) is 0 Å². The van der Waals surface area contributed by atoms with E-state index >= 15 is 0 Å². The Labute approximate surface area is 120 Å². The van der Waals surface area contributed by atoms with Crippen LogP contribution in [0.5, 0.6) is 5.75 Å². The van der Waals surface area contributed by atoms with Crippen molar-refractivity contribution in [1.29, 1.82) is 0 Å². The van der Waals surface area contributed by atoms with Gasteiger partial charge in [-0.3, -0.25) is 0 Å². The normalized spacial score (nSPS) is 29.0. The Hall–Kier alpha value is -0.730. The van der Waals surface area contributed by atoms with Crippen LogP contribution >= 0.6 is 11.6 Å². The van der Waals surface area contributed by atoms with Gasteiger partial charge in [-0.15, -0.1) is 0 Å². The molecule has 1 aromatic carbocycles. The van der Waals surface area contributed by atoms with E-state index in [4.69, 9.17) is 16.3 Å². The molecule has 0 saturated heterocycles. The molecule has 19 heavy (non-hydrogen) atoms. The van der Waals surface area contributed by atoms with Gasteiger partial charge in [0.2, 0.25) is 0 Å². The Bertz CT molecular complexity index is 433. The molecule has 0 spiro atoms. The topological polar surface area (TPSA) is 29.5 Å². The Morgan fingerprint density at radius 1 is 1.26 bits per heavy atom. The molecule has 4 unspecified atom stereocenters. The molecule has 106 valence electrons. The third-order valence-electron chi connectivity index (χ3n) is 4.60. The summed E-state index contributed by atoms with van der Waals surface area (Å²) < 4.78 is 5.14. The average molecular weight is 283 g/mol. The maximum atomic E-state index is 10.5. The van der Waals surface area contributed by atoms with E-state index in [1.54, 1.807) is 7.11 Å². The van der Waals surface area contributed by atoms with E-state index in [9.17, 15) is 5.11 Å². The minimum Gasteiger partial charge on any atom is -0.495 e. The SMILES string of the molecule is COc1ccc(C(O)C2CCC(C)C(C)C2)cc1Cl. The van der Waals surface area contributed by atoms with Crippen LogP contribution in [0, 0.1) is 17.8 Å². The standard InChI is InChI=1S/C16H23ClO2/c1-10-4-5-12(8-11(10)2)16(18)13-6-7-15(19-3)14(17)9-13/h6-7,9-12,16,18H,4-5,8H2,1-3H3. The highest BCUT2D eigenvalue weighted by molar-refractivity contribution is 6.32. The lowest BCUT2D eigenvalue weighted by Gasteiger charge is -2.34. The average Bonchev–Trinajstić information content (AvgIpc) is 2.41. The Kier molecular flexibility index (Phi) is 4.75. The summed E-state index contributed by atoms with van der Waals surface area (Å²) in [5.74, 6) is 2.45. The van der Waals surface area contributed by atoms with Crippen LogP contribution in [0.3, 0.4) is 0 Å². The van der Waals surface area contributed by atoms with Crippen molar-refractivity contribution in [2.24, 2.45) is 17.8 Å². The van der Waals surface area contributed by atoms with Gasteiger partial charge in [-0.05, 0) is 48.3 Å². The summed E-state index contributed by atoms with van der Waals surface area (Å²) >= 11 is 6.13. The van der Waals surface area contributed by atoms with E-state index in [1.807, 2.05) is 18.2 Å². The first-order valence-electron chi connectivity index (χ1n) is 7.04. The van der Waals surface area contributed by atoms with Crippen LogP contribution in [-0.4, -0.2) is 12.2 Å². The second-order valence-corrected chi connectivity index (χ2v) is 6.27. The zero-order valence-electron chi connectivity index (χ0n) is 11.9. The number of aliphatic hydroxyl groups excluding tert-OH is 1. The predicted molar refractivity (Wildman–Crippen MR) is 78.6 cm³/mol. The van der Waals surface area contributed by atoms with Crippen molar-refractivity contribution in [3.8, 4) is 5.75 Å². The van der Waals surface area contributed by atoms with Gasteiger partial charge in [-0.1, -0.05) is 37.9 Å². The number of hydrogen-bond donors (Lipinski definition) is 1. The summed E-state index contributed by atoms with van der Waals surface area (Å²) in [7, 11) is 1.60. The molecule has 1 aliphatic rings. The lowest BCUT2D eigenvalue weighted by Crippen LogP contribution is -2.25. The van der Waals surface area contributed by atoms with Crippen LogP contribution in [0.4, 0.5) is 0 Å². The number of aliphatic hydroxyl groups is 1. The second-order valence-electron chi connectivity index (χ2n) is 5.87. The third-order valence-corrected chi connectivity index (χ3v) is 4.90. The van der Waals surface area contributed by atoms with E-state index in [1.165, 1.54) is 6.42 Å². The molecule has 3 heteroatoms. The first-order chi connectivity index (χ1) is 9.02. The number of hydrogen-bond acceptors (Lipinski definition) is 2. The van der Waals surface area contributed by atoms with E-state index in [0.29, 0.717) is 22.6 Å². The molecule has 0 aliphatic heterocycles. The van der Waals surface area contributed by atoms with Gasteiger partial charge in [0.15, 0.2) is 0 Å². The fourth-order valence-corrected chi connectivity index (χ4v) is 3.28. The largest absolute Gasteiger partial charge is 0.495 e. The molecule has 0 aromatic heterocycles. The summed E-state index contributed by atoms with van der Waals surface area (Å²) in [6.07, 6.45) is 2.97. The van der Waals surface area contributed by atoms with E-state index < -0.39 is 6.10 Å². The summed E-state index contributed by atoms with van der Waals surface area (Å²) in [5, 5.41) is 11.1. The summed E-state index contributed by atoms with van der Waals surface area (Å²) in [6, 6.07) is 5.57. The molecule has 0 heterocycles. The van der Waals surface area contributed by atoms with Crippen molar-refractivity contribution < 1.29 is 9.84 Å². The summed E-state index contributed by atoms with van der Waals surface area (Å²) in [4.78, 5) is 0. The number of halogens is 1. The van der Waals surface area contributed by atoms with Gasteiger partial charge in [0.1, 0.15) is 5.75 Å². The Morgan fingerprint density at radius 3 is 2.58 bits per heavy atom. The second kappa shape index (κ2) is 6.15. The minimum absolute atomic E-state index is 0.343. The van der Waals surface area contributed by atoms with Crippen molar-refractivity contribution in [2.45, 2.75) is 39.2 Å². The van der Waals surface area contributed by atoms with E-state index in [2.05, 4.69) is 13.8 Å². The zero-order chi connectivity index (χ0) is 14.0. The Morgan fingerprint density at radius 2 is 2.00 bits per heavy atom. The van der Waals surface area contributed by atoms with Gasteiger partial charge in [0.25, 0.3) is 0 Å². The van der Waals surface area contributed by atoms with Gasteiger partial charge in [-0.2, -0.15) is 0 Å². The molecule has 0 bridgehead atoms. The highest BCUT2D eigenvalue weighted by atomic mass is 35.5. The van der Waals surface area contributed by atoms with Crippen LogP contribution in [0.25, 0.3) is 0 Å². The lowest BCUT2D eigenvalue weighted by molar-refractivity contribution is 0.0561. The van der Waals surface area contributed by atoms with Crippen molar-refractivity contribution in [2.75, 3.05) is 7.11 Å². The van der Waals surface area contributed by atoms with E-state index in [0.717, 1.165) is 24.3 Å². The van der Waals surface area contributed by atoms with Gasteiger partial charge < -0.3 is 9.84 Å². The smallest absolute Gasteiger partial charge is 0.137 e. The molecule has 1 saturated carbocycles. The van der Waals surface area contributed by atoms with Crippen LogP contribution in [0.1, 0.15) is 44.8 Å². The molecule has 0 amide bonds. The number of methoxy groups -OCH3 is 1. The monoisotopic (exact) mass is 282 g/mol. The molecular formula is C16H23ClO2. The van der Waals surface area contributed by atoms with Gasteiger partial charge in [0.05, 0.1) is 18.2 Å². The lowest BCUT2D eigenvalue weighted by atomic mass is 9.73. The van der Waals surface area contributed by atoms with Gasteiger partial charge in [-0.25, -0.2) is 0 Å². The maximum Gasteiger partial charge on any atom is 0.137 e. The van der Waals surface area contributed by atoms with Crippen LogP contribution in [0.15, 0.2) is 18.2 Å². The molecule has 2 nitrogen and oxygen atoms in total. The number of ether oxygens (including phenoxy) is 1. The quantitative estimate of drug-likeness (QED) is 0.887. The third kappa shape index (κ3) is 3.24. The van der Waals surface area contributed by atoms with Crippen molar-refractivity contribution in [3.05, 3.63) is 28.8 Å². The fourth-order valence-electron chi connectivity index (χ4n) is 3.01. The first kappa shape index (κ1) is 14.7. The number of benzene rings is 1. The zero-order valence-corrected chi connectivity index (χ0v) is 12.7. The van der Waals surface area contributed by atoms with Crippen LogP contribution < -0.4 is 4.74 Å². The van der Waals surface area contributed by atoms with E-state index in [-0.39, 0.29) is 0 Å². The number of rotatable bonds is 3. The van der Waals surface area contributed by atoms with Crippen molar-refractivity contribution >= 4 is 11.6 Å². The molecule has 1 N–H and O–H groups in total. The first-order valence-corrected chi connectivity index (χ1v) is 7.42. The van der Waals surface area contributed by atoms with Crippen molar-refractivity contribution in [1.82, 2.24) is 0 Å². The van der Waals surface area contributed by atoms with Gasteiger partial charge >= 0.3 is 0 Å². The molecule has 1 aliphatic carbocycles. The van der Waals surface area contributed by atoms with Crippen molar-refractivity contribution in [3.63, 3.8) is 0 Å². The minimum atomic E-state index is -0.418. The highest BCUT2D eigenvalue weighted by Crippen LogP contribution is 2.40. The molecule has 4 atom stereocenters. The molecular weight excluding hydrogens is 260 g/mol. The van der Waals surface area contributed by atoms with Crippen LogP contribution in [0.2, 0.25) is 5.02 Å². The summed E-state index contributed by atoms with van der Waals surface area (Å²) in [5.41, 5.74) is 0.901. The maximum absolute atomic E-state index is 10.5. The fraction of sp³-hybridized carbons (Fsp3) is 0.625. The summed E-state index contributed by atoms with van der Waals surface area (Å²) in [6.45, 7) is 4.59. The molecule has 0 radical (unpaired) electrons. The Balaban J connectivity index is 2.11. The molecule has 2 rings (SSSR count). The molecule has 1 aromatic rings. The van der Waals surface area contributed by atoms with Gasteiger partial charge in [0, 0.05) is 0 Å². The highest BCUT2D eigenvalue weighted by Gasteiger charge is 2.30.